The second-order valence-corrected chi connectivity index (χ2v) is 4.58. The van der Waals surface area contributed by atoms with Crippen molar-refractivity contribution < 1.29 is 4.39 Å². The van der Waals surface area contributed by atoms with Crippen LogP contribution in [0.5, 0.6) is 0 Å². The van der Waals surface area contributed by atoms with Crippen molar-refractivity contribution in [2.24, 2.45) is 0 Å². The summed E-state index contributed by atoms with van der Waals surface area (Å²) >= 11 is 3.32. The minimum absolute atomic E-state index is 0.236. The molecule has 0 aliphatic rings. The Balaban J connectivity index is 2.09. The smallest absolute Gasteiger partial charge is 0.125 e. The van der Waals surface area contributed by atoms with Gasteiger partial charge in [-0.3, -0.25) is 0 Å². The lowest BCUT2D eigenvalue weighted by molar-refractivity contribution is 0.628. The van der Waals surface area contributed by atoms with Gasteiger partial charge in [0.1, 0.15) is 10.4 Å². The number of halogens is 2. The third-order valence-electron chi connectivity index (χ3n) is 2.43. The Morgan fingerprint density at radius 1 is 1.29 bits per heavy atom. The molecule has 0 fully saturated rings. The summed E-state index contributed by atoms with van der Waals surface area (Å²) in [6.07, 6.45) is 0. The fourth-order valence-corrected chi connectivity index (χ4v) is 1.90. The molecule has 4 heteroatoms. The van der Waals surface area contributed by atoms with Crippen molar-refractivity contribution in [1.82, 2.24) is 4.98 Å². The van der Waals surface area contributed by atoms with Gasteiger partial charge >= 0.3 is 0 Å². The van der Waals surface area contributed by atoms with E-state index in [0.717, 1.165) is 21.5 Å². The van der Waals surface area contributed by atoms with Gasteiger partial charge in [0.05, 0.1) is 12.2 Å². The Kier molecular flexibility index (Phi) is 3.74. The van der Waals surface area contributed by atoms with E-state index in [9.17, 15) is 4.39 Å². The summed E-state index contributed by atoms with van der Waals surface area (Å²) in [6.45, 7) is 2.51. The third kappa shape index (κ3) is 3.27. The molecule has 2 nitrogen and oxygen atoms in total. The summed E-state index contributed by atoms with van der Waals surface area (Å²) < 4.78 is 13.9. The number of hydrogen-bond acceptors (Lipinski definition) is 2. The molecule has 1 N–H and O–H groups in total. The van der Waals surface area contributed by atoms with Crippen LogP contribution in [0.3, 0.4) is 0 Å². The van der Waals surface area contributed by atoms with Crippen molar-refractivity contribution in [3.8, 4) is 0 Å². The summed E-state index contributed by atoms with van der Waals surface area (Å²) in [5.41, 5.74) is 2.72. The average molecular weight is 295 g/mol. The molecule has 0 saturated heterocycles. The van der Waals surface area contributed by atoms with Crippen LogP contribution in [0.25, 0.3) is 0 Å². The van der Waals surface area contributed by atoms with E-state index in [1.54, 1.807) is 6.07 Å². The first-order valence-corrected chi connectivity index (χ1v) is 6.06. The van der Waals surface area contributed by atoms with Crippen LogP contribution in [-0.4, -0.2) is 4.98 Å². The molecule has 2 aromatic rings. The minimum Gasteiger partial charge on any atom is -0.379 e. The number of aromatic nitrogens is 1. The number of benzene rings is 1. The highest BCUT2D eigenvalue weighted by atomic mass is 79.9. The lowest BCUT2D eigenvalue weighted by Gasteiger charge is -2.09. The largest absolute Gasteiger partial charge is 0.379 e. The molecule has 1 heterocycles. The summed E-state index contributed by atoms with van der Waals surface area (Å²) in [5, 5.41) is 3.17. The normalized spacial score (nSPS) is 10.3. The molecular formula is C13H12BrFN2. The van der Waals surface area contributed by atoms with Gasteiger partial charge in [-0.15, -0.1) is 0 Å². The molecule has 0 aliphatic carbocycles. The fraction of sp³-hybridized carbons (Fsp3) is 0.154. The van der Waals surface area contributed by atoms with Crippen molar-refractivity contribution in [1.29, 1.82) is 0 Å². The molecule has 0 spiro atoms. The first kappa shape index (κ1) is 12.0. The molecule has 1 aromatic heterocycles. The Morgan fingerprint density at radius 2 is 2.12 bits per heavy atom. The van der Waals surface area contributed by atoms with E-state index >= 15 is 0 Å². The van der Waals surface area contributed by atoms with Crippen LogP contribution < -0.4 is 5.32 Å². The van der Waals surface area contributed by atoms with E-state index in [4.69, 9.17) is 0 Å². The van der Waals surface area contributed by atoms with Crippen LogP contribution in [0.15, 0.2) is 41.0 Å². The molecule has 0 atom stereocenters. The van der Waals surface area contributed by atoms with E-state index in [0.29, 0.717) is 6.54 Å². The second kappa shape index (κ2) is 5.27. The Hall–Kier alpha value is -1.42. The van der Waals surface area contributed by atoms with Crippen molar-refractivity contribution >= 4 is 21.6 Å². The van der Waals surface area contributed by atoms with E-state index < -0.39 is 0 Å². The van der Waals surface area contributed by atoms with Gasteiger partial charge in [-0.25, -0.2) is 9.37 Å². The molecule has 88 valence electrons. The first-order valence-electron chi connectivity index (χ1n) is 5.26. The zero-order chi connectivity index (χ0) is 12.3. The fourth-order valence-electron chi connectivity index (χ4n) is 1.52. The standard InChI is InChI=1S/C13H12BrFN2/c1-9-5-6-10(15)7-12(9)16-8-11-3-2-4-13(14)17-11/h2-7,16H,8H2,1H3. The molecule has 0 bridgehead atoms. The topological polar surface area (TPSA) is 24.9 Å². The summed E-state index contributed by atoms with van der Waals surface area (Å²) in [6, 6.07) is 10.4. The van der Waals surface area contributed by atoms with Gasteiger partial charge in [0.15, 0.2) is 0 Å². The van der Waals surface area contributed by atoms with Gasteiger partial charge in [0.2, 0.25) is 0 Å². The first-order chi connectivity index (χ1) is 8.15. The average Bonchev–Trinajstić information content (AvgIpc) is 2.30. The molecule has 0 aliphatic heterocycles. The molecule has 0 unspecified atom stereocenters. The van der Waals surface area contributed by atoms with E-state index in [2.05, 4.69) is 26.2 Å². The third-order valence-corrected chi connectivity index (χ3v) is 2.87. The van der Waals surface area contributed by atoms with Gasteiger partial charge in [-0.2, -0.15) is 0 Å². The highest BCUT2D eigenvalue weighted by Gasteiger charge is 2.01. The number of aryl methyl sites for hydroxylation is 1. The van der Waals surface area contributed by atoms with Crippen LogP contribution in [0, 0.1) is 12.7 Å². The Labute approximate surface area is 108 Å². The molecule has 17 heavy (non-hydrogen) atoms. The molecule has 0 amide bonds. The summed E-state index contributed by atoms with van der Waals surface area (Å²) in [4.78, 5) is 4.30. The zero-order valence-electron chi connectivity index (χ0n) is 9.37. The van der Waals surface area contributed by atoms with Crippen molar-refractivity contribution in [3.63, 3.8) is 0 Å². The van der Waals surface area contributed by atoms with Gasteiger partial charge in [-0.05, 0) is 52.7 Å². The lowest BCUT2D eigenvalue weighted by atomic mass is 10.2. The quantitative estimate of drug-likeness (QED) is 0.869. The van der Waals surface area contributed by atoms with Crippen LogP contribution >= 0.6 is 15.9 Å². The van der Waals surface area contributed by atoms with E-state index in [1.165, 1.54) is 12.1 Å². The van der Waals surface area contributed by atoms with Crippen molar-refractivity contribution in [2.45, 2.75) is 13.5 Å². The lowest BCUT2D eigenvalue weighted by Crippen LogP contribution is -2.03. The number of nitrogens with zero attached hydrogens (tertiary/aromatic N) is 1. The van der Waals surface area contributed by atoms with E-state index in [-0.39, 0.29) is 5.82 Å². The predicted octanol–water partition coefficient (Wildman–Crippen LogP) is 3.90. The summed E-state index contributed by atoms with van der Waals surface area (Å²) in [5.74, 6) is -0.236. The molecule has 1 aromatic carbocycles. The van der Waals surface area contributed by atoms with Gasteiger partial charge in [-0.1, -0.05) is 12.1 Å². The molecule has 0 radical (unpaired) electrons. The number of nitrogens with one attached hydrogen (secondary N) is 1. The second-order valence-electron chi connectivity index (χ2n) is 3.76. The maximum Gasteiger partial charge on any atom is 0.125 e. The monoisotopic (exact) mass is 294 g/mol. The van der Waals surface area contributed by atoms with Crippen LogP contribution in [0.4, 0.5) is 10.1 Å². The Bertz CT molecular complexity index is 529. The maximum absolute atomic E-state index is 13.1. The van der Waals surface area contributed by atoms with Gasteiger partial charge < -0.3 is 5.32 Å². The predicted molar refractivity (Wildman–Crippen MR) is 70.4 cm³/mol. The van der Waals surface area contributed by atoms with Crippen molar-refractivity contribution in [2.75, 3.05) is 5.32 Å². The van der Waals surface area contributed by atoms with Gasteiger partial charge in [0.25, 0.3) is 0 Å². The highest BCUT2D eigenvalue weighted by molar-refractivity contribution is 9.10. The number of hydrogen-bond donors (Lipinski definition) is 1. The highest BCUT2D eigenvalue weighted by Crippen LogP contribution is 2.17. The maximum atomic E-state index is 13.1. The van der Waals surface area contributed by atoms with Crippen LogP contribution in [0.1, 0.15) is 11.3 Å². The van der Waals surface area contributed by atoms with E-state index in [1.807, 2.05) is 25.1 Å². The molecule has 0 saturated carbocycles. The minimum atomic E-state index is -0.236. The zero-order valence-corrected chi connectivity index (χ0v) is 11.0. The number of anilines is 1. The molecular weight excluding hydrogens is 283 g/mol. The number of pyridine rings is 1. The van der Waals surface area contributed by atoms with Crippen LogP contribution in [0.2, 0.25) is 0 Å². The SMILES string of the molecule is Cc1ccc(F)cc1NCc1cccc(Br)n1. The Morgan fingerprint density at radius 3 is 2.88 bits per heavy atom. The summed E-state index contributed by atoms with van der Waals surface area (Å²) in [7, 11) is 0. The van der Waals surface area contributed by atoms with Gasteiger partial charge in [0, 0.05) is 5.69 Å². The van der Waals surface area contributed by atoms with Crippen LogP contribution in [-0.2, 0) is 6.54 Å². The van der Waals surface area contributed by atoms with Crippen molar-refractivity contribution in [3.05, 3.63) is 58.1 Å². The molecule has 2 rings (SSSR count). The number of rotatable bonds is 3.